The van der Waals surface area contributed by atoms with Crippen LogP contribution in [0.4, 0.5) is 0 Å². The van der Waals surface area contributed by atoms with E-state index >= 15 is 0 Å². The third-order valence-corrected chi connectivity index (χ3v) is 1.99. The second-order valence-corrected chi connectivity index (χ2v) is 3.08. The molecule has 2 rings (SSSR count). The molecule has 2 heteroatoms. The van der Waals surface area contributed by atoms with Crippen molar-refractivity contribution in [3.05, 3.63) is 41.9 Å². The van der Waals surface area contributed by atoms with Gasteiger partial charge in [0.25, 0.3) is 0 Å². The monoisotopic (exact) mass is 160 g/mol. The van der Waals surface area contributed by atoms with Crippen molar-refractivity contribution < 1.29 is 0 Å². The summed E-state index contributed by atoms with van der Waals surface area (Å²) in [5.41, 5.74) is 2.55. The molecule has 0 bridgehead atoms. The molecule has 0 aliphatic carbocycles. The molecule has 0 unspecified atom stereocenters. The number of hydrogen-bond acceptors (Lipinski definition) is 0. The van der Waals surface area contributed by atoms with Gasteiger partial charge in [-0.3, -0.25) is 0 Å². The van der Waals surface area contributed by atoms with Crippen molar-refractivity contribution in [2.24, 2.45) is 0 Å². The van der Waals surface area contributed by atoms with Gasteiger partial charge in [0.15, 0.2) is 0 Å². The normalized spacial score (nSPS) is 10.5. The topological polar surface area (TPSA) is 20.7 Å². The van der Waals surface area contributed by atoms with E-state index in [1.165, 1.54) is 11.3 Å². The van der Waals surface area contributed by atoms with Crippen LogP contribution < -0.4 is 0 Å². The molecule has 0 atom stereocenters. The summed E-state index contributed by atoms with van der Waals surface area (Å²) >= 11 is 0. The molecular formula is C10H12N2. The maximum absolute atomic E-state index is 3.17. The Labute approximate surface area is 71.8 Å². The van der Waals surface area contributed by atoms with Crippen molar-refractivity contribution in [2.45, 2.75) is 13.8 Å². The zero-order valence-electron chi connectivity index (χ0n) is 7.33. The average Bonchev–Trinajstić information content (AvgIpc) is 2.58. The molecule has 2 aromatic rings. The second-order valence-electron chi connectivity index (χ2n) is 3.08. The van der Waals surface area contributed by atoms with Gasteiger partial charge in [-0.05, 0) is 37.6 Å². The zero-order valence-corrected chi connectivity index (χ0v) is 7.33. The summed E-state index contributed by atoms with van der Waals surface area (Å²) in [5.74, 6) is 1.13. The maximum atomic E-state index is 3.17. The van der Waals surface area contributed by atoms with E-state index in [-0.39, 0.29) is 0 Å². The summed E-state index contributed by atoms with van der Waals surface area (Å²) in [6.45, 7) is 4.21. The molecule has 1 N–H and O–H groups in total. The molecule has 2 heterocycles. The predicted octanol–water partition coefficient (Wildman–Crippen LogP) is 2.42. The predicted molar refractivity (Wildman–Crippen MR) is 49.6 cm³/mol. The molecule has 0 aliphatic rings. The Balaban J connectivity index is 2.54. The lowest BCUT2D eigenvalue weighted by molar-refractivity contribution is 0.974. The van der Waals surface area contributed by atoms with Crippen molar-refractivity contribution >= 4 is 0 Å². The van der Waals surface area contributed by atoms with Crippen LogP contribution in [0, 0.1) is 13.8 Å². The first-order valence-electron chi connectivity index (χ1n) is 4.07. The number of hydrogen-bond donors (Lipinski definition) is 1. The van der Waals surface area contributed by atoms with E-state index < -0.39 is 0 Å². The Morgan fingerprint density at radius 1 is 1.33 bits per heavy atom. The fraction of sp³-hybridized carbons (Fsp3) is 0.200. The molecule has 0 aliphatic heterocycles. The molecule has 2 nitrogen and oxygen atoms in total. The highest BCUT2D eigenvalue weighted by Gasteiger charge is 2.00. The van der Waals surface area contributed by atoms with Crippen molar-refractivity contribution in [3.8, 4) is 5.82 Å². The van der Waals surface area contributed by atoms with Crippen LogP contribution in [0.3, 0.4) is 0 Å². The minimum Gasteiger partial charge on any atom is -0.348 e. The molecule has 0 saturated carbocycles. The second kappa shape index (κ2) is 2.55. The van der Waals surface area contributed by atoms with Crippen LogP contribution in [-0.4, -0.2) is 9.55 Å². The third-order valence-electron chi connectivity index (χ3n) is 1.99. The Bertz CT molecular complexity index is 368. The molecule has 0 fully saturated rings. The lowest BCUT2D eigenvalue weighted by atomic mass is 10.4. The first-order valence-corrected chi connectivity index (χ1v) is 4.07. The summed E-state index contributed by atoms with van der Waals surface area (Å²) in [5, 5.41) is 0. The van der Waals surface area contributed by atoms with E-state index in [0.717, 1.165) is 5.82 Å². The number of aryl methyl sites for hydroxylation is 2. The fourth-order valence-corrected chi connectivity index (χ4v) is 1.47. The summed E-state index contributed by atoms with van der Waals surface area (Å²) in [6, 6.07) is 6.23. The van der Waals surface area contributed by atoms with Gasteiger partial charge in [0.05, 0.1) is 0 Å². The summed E-state index contributed by atoms with van der Waals surface area (Å²) in [6.07, 6.45) is 4.06. The molecule has 12 heavy (non-hydrogen) atoms. The maximum Gasteiger partial charge on any atom is 0.114 e. The van der Waals surface area contributed by atoms with Gasteiger partial charge in [0.2, 0.25) is 0 Å². The standard InChI is InChI=1S/C10H12N2/c1-8-6-9(2)12(7-8)10-4-3-5-11-10/h3-7,11H,1-2H3. The Hall–Kier alpha value is -1.44. The largest absolute Gasteiger partial charge is 0.348 e. The minimum absolute atomic E-state index is 1.13. The van der Waals surface area contributed by atoms with Crippen LogP contribution in [0.2, 0.25) is 0 Å². The number of rotatable bonds is 1. The average molecular weight is 160 g/mol. The Morgan fingerprint density at radius 2 is 2.17 bits per heavy atom. The third kappa shape index (κ3) is 1.05. The highest BCUT2D eigenvalue weighted by atomic mass is 15.1. The van der Waals surface area contributed by atoms with Crippen molar-refractivity contribution in [1.29, 1.82) is 0 Å². The van der Waals surface area contributed by atoms with E-state index in [0.29, 0.717) is 0 Å². The highest BCUT2D eigenvalue weighted by Crippen LogP contribution is 2.12. The van der Waals surface area contributed by atoms with Gasteiger partial charge in [-0.25, -0.2) is 0 Å². The first-order chi connectivity index (χ1) is 5.77. The molecular weight excluding hydrogens is 148 g/mol. The van der Waals surface area contributed by atoms with Gasteiger partial charge in [-0.15, -0.1) is 0 Å². The number of nitrogens with zero attached hydrogens (tertiary/aromatic N) is 1. The molecule has 0 spiro atoms. The summed E-state index contributed by atoms with van der Waals surface area (Å²) in [7, 11) is 0. The SMILES string of the molecule is Cc1cc(C)n(-c2ccc[nH]2)c1. The van der Waals surface area contributed by atoms with E-state index in [4.69, 9.17) is 0 Å². The number of aromatic nitrogens is 2. The van der Waals surface area contributed by atoms with Crippen LogP contribution >= 0.6 is 0 Å². The number of nitrogens with one attached hydrogen (secondary N) is 1. The van der Waals surface area contributed by atoms with Gasteiger partial charge in [-0.1, -0.05) is 0 Å². The van der Waals surface area contributed by atoms with E-state index in [9.17, 15) is 0 Å². The van der Waals surface area contributed by atoms with Gasteiger partial charge < -0.3 is 9.55 Å². The quantitative estimate of drug-likeness (QED) is 0.661. The van der Waals surface area contributed by atoms with E-state index in [2.05, 4.69) is 41.7 Å². The van der Waals surface area contributed by atoms with Crippen LogP contribution in [0.1, 0.15) is 11.3 Å². The Kier molecular flexibility index (Phi) is 1.54. The molecule has 0 aromatic carbocycles. The first kappa shape index (κ1) is 7.22. The van der Waals surface area contributed by atoms with Crippen LogP contribution in [0.25, 0.3) is 5.82 Å². The molecule has 2 aromatic heterocycles. The van der Waals surface area contributed by atoms with Gasteiger partial charge in [0, 0.05) is 18.1 Å². The molecule has 0 amide bonds. The molecule has 62 valence electrons. The lowest BCUT2D eigenvalue weighted by Gasteiger charge is -2.00. The van der Waals surface area contributed by atoms with Crippen molar-refractivity contribution in [3.63, 3.8) is 0 Å². The lowest BCUT2D eigenvalue weighted by Crippen LogP contribution is -1.93. The van der Waals surface area contributed by atoms with Crippen LogP contribution in [0.15, 0.2) is 30.6 Å². The van der Waals surface area contributed by atoms with Crippen molar-refractivity contribution in [1.82, 2.24) is 9.55 Å². The summed E-state index contributed by atoms with van der Waals surface area (Å²) in [4.78, 5) is 3.17. The molecule has 0 saturated heterocycles. The smallest absolute Gasteiger partial charge is 0.114 e. The zero-order chi connectivity index (χ0) is 8.55. The van der Waals surface area contributed by atoms with E-state index in [1.807, 2.05) is 12.3 Å². The van der Waals surface area contributed by atoms with Gasteiger partial charge in [0.1, 0.15) is 5.82 Å². The molecule has 0 radical (unpaired) electrons. The number of aromatic amines is 1. The summed E-state index contributed by atoms with van der Waals surface area (Å²) < 4.78 is 2.15. The fourth-order valence-electron chi connectivity index (χ4n) is 1.47. The minimum atomic E-state index is 1.13. The van der Waals surface area contributed by atoms with Crippen LogP contribution in [-0.2, 0) is 0 Å². The van der Waals surface area contributed by atoms with Crippen LogP contribution in [0.5, 0.6) is 0 Å². The van der Waals surface area contributed by atoms with Crippen molar-refractivity contribution in [2.75, 3.05) is 0 Å². The number of H-pyrrole nitrogens is 1. The van der Waals surface area contributed by atoms with Gasteiger partial charge >= 0.3 is 0 Å². The van der Waals surface area contributed by atoms with E-state index in [1.54, 1.807) is 0 Å². The van der Waals surface area contributed by atoms with Gasteiger partial charge in [-0.2, -0.15) is 0 Å². The Morgan fingerprint density at radius 3 is 2.67 bits per heavy atom. The highest BCUT2D eigenvalue weighted by molar-refractivity contribution is 5.30.